The van der Waals surface area contributed by atoms with E-state index in [4.69, 9.17) is 0 Å². The molecule has 0 spiro atoms. The Labute approximate surface area is 93.3 Å². The molecule has 2 N–H and O–H groups in total. The maximum absolute atomic E-state index is 11.7. The second-order valence-electron chi connectivity index (χ2n) is 3.63. The molecule has 16 heavy (non-hydrogen) atoms. The van der Waals surface area contributed by atoms with E-state index in [1.807, 2.05) is 19.9 Å². The summed E-state index contributed by atoms with van der Waals surface area (Å²) in [6, 6.07) is 1.97. The number of carbonyl (C=O) groups excluding carboxylic acids is 1. The largest absolute Gasteiger partial charge is 0.354 e. The molecule has 84 valence electrons. The number of aryl methyl sites for hydroxylation is 2. The molecule has 0 aliphatic carbocycles. The van der Waals surface area contributed by atoms with Crippen molar-refractivity contribution in [2.45, 2.75) is 20.3 Å². The Morgan fingerprint density at radius 2 is 2.31 bits per heavy atom. The van der Waals surface area contributed by atoms with Gasteiger partial charge in [-0.15, -0.1) is 0 Å². The summed E-state index contributed by atoms with van der Waals surface area (Å²) < 4.78 is 0. The van der Waals surface area contributed by atoms with E-state index in [9.17, 15) is 4.79 Å². The van der Waals surface area contributed by atoms with Gasteiger partial charge in [-0.05, 0) is 19.4 Å². The monoisotopic (exact) mass is 218 g/mol. The first-order valence-corrected chi connectivity index (χ1v) is 5.24. The highest BCUT2D eigenvalue weighted by Crippen LogP contribution is 2.19. The first-order chi connectivity index (χ1) is 7.67. The van der Waals surface area contributed by atoms with Crippen molar-refractivity contribution in [3.63, 3.8) is 0 Å². The lowest BCUT2D eigenvalue weighted by Gasteiger charge is -2.03. The molecule has 2 aromatic rings. The number of amides is 1. The number of nitrogens with zero attached hydrogens (tertiary/aromatic N) is 2. The molecule has 0 saturated heterocycles. The summed E-state index contributed by atoms with van der Waals surface area (Å²) in [6.07, 6.45) is 0.796. The Bertz CT molecular complexity index is 544. The van der Waals surface area contributed by atoms with Gasteiger partial charge in [-0.3, -0.25) is 9.89 Å². The van der Waals surface area contributed by atoms with Gasteiger partial charge in [0.25, 0.3) is 5.91 Å². The number of hydrogen-bond acceptors (Lipinski definition) is 3. The SMILES string of the molecule is CCc1cc2c(C)n[nH]c2c(C(=O)NC)n1. The molecule has 0 atom stereocenters. The molecule has 0 bridgehead atoms. The highest BCUT2D eigenvalue weighted by molar-refractivity contribution is 6.04. The molecule has 0 aliphatic rings. The molecule has 2 rings (SSSR count). The summed E-state index contributed by atoms with van der Waals surface area (Å²) in [4.78, 5) is 16.0. The minimum atomic E-state index is -0.191. The Kier molecular flexibility index (Phi) is 2.60. The number of aromatic nitrogens is 3. The maximum Gasteiger partial charge on any atom is 0.271 e. The highest BCUT2D eigenvalue weighted by atomic mass is 16.1. The number of aromatic amines is 1. The number of nitrogens with one attached hydrogen (secondary N) is 2. The quantitative estimate of drug-likeness (QED) is 0.795. The highest BCUT2D eigenvalue weighted by Gasteiger charge is 2.15. The fourth-order valence-electron chi connectivity index (χ4n) is 1.66. The van der Waals surface area contributed by atoms with E-state index >= 15 is 0 Å². The molecule has 2 aromatic heterocycles. The van der Waals surface area contributed by atoms with Crippen LogP contribution in [0.5, 0.6) is 0 Å². The zero-order chi connectivity index (χ0) is 11.7. The smallest absolute Gasteiger partial charge is 0.271 e. The van der Waals surface area contributed by atoms with Gasteiger partial charge in [-0.25, -0.2) is 4.98 Å². The molecular weight excluding hydrogens is 204 g/mol. The fraction of sp³-hybridized carbons (Fsp3) is 0.364. The van der Waals surface area contributed by atoms with Crippen LogP contribution in [-0.4, -0.2) is 28.1 Å². The third kappa shape index (κ3) is 1.54. The van der Waals surface area contributed by atoms with Crippen molar-refractivity contribution >= 4 is 16.8 Å². The lowest BCUT2D eigenvalue weighted by Crippen LogP contribution is -2.20. The third-order valence-electron chi connectivity index (χ3n) is 2.60. The molecule has 0 aromatic carbocycles. The molecule has 2 heterocycles. The first kappa shape index (κ1) is 10.6. The van der Waals surface area contributed by atoms with Crippen molar-refractivity contribution in [1.29, 1.82) is 0 Å². The summed E-state index contributed by atoms with van der Waals surface area (Å²) >= 11 is 0. The van der Waals surface area contributed by atoms with Crippen LogP contribution in [0.4, 0.5) is 0 Å². The number of pyridine rings is 1. The van der Waals surface area contributed by atoms with Crippen LogP contribution >= 0.6 is 0 Å². The van der Waals surface area contributed by atoms with Crippen LogP contribution in [0.2, 0.25) is 0 Å². The summed E-state index contributed by atoms with van der Waals surface area (Å²) in [5.41, 5.74) is 2.90. The van der Waals surface area contributed by atoms with Crippen molar-refractivity contribution in [2.75, 3.05) is 7.05 Å². The van der Waals surface area contributed by atoms with E-state index in [1.54, 1.807) is 7.05 Å². The summed E-state index contributed by atoms with van der Waals surface area (Å²) in [5.74, 6) is -0.191. The van der Waals surface area contributed by atoms with E-state index in [-0.39, 0.29) is 5.91 Å². The number of hydrogen-bond donors (Lipinski definition) is 2. The second-order valence-corrected chi connectivity index (χ2v) is 3.63. The van der Waals surface area contributed by atoms with Crippen LogP contribution in [0.1, 0.15) is 28.8 Å². The number of fused-ring (bicyclic) bond motifs is 1. The summed E-state index contributed by atoms with van der Waals surface area (Å²) in [7, 11) is 1.59. The zero-order valence-corrected chi connectivity index (χ0v) is 9.59. The van der Waals surface area contributed by atoms with Gasteiger partial charge in [0.1, 0.15) is 0 Å². The average Bonchev–Trinajstić information content (AvgIpc) is 2.69. The molecule has 5 heteroatoms. The van der Waals surface area contributed by atoms with Crippen molar-refractivity contribution in [3.8, 4) is 0 Å². The van der Waals surface area contributed by atoms with Crippen LogP contribution in [0.15, 0.2) is 6.07 Å². The lowest BCUT2D eigenvalue weighted by molar-refractivity contribution is 0.0959. The third-order valence-corrected chi connectivity index (χ3v) is 2.60. The minimum Gasteiger partial charge on any atom is -0.354 e. The number of carbonyl (C=O) groups is 1. The van der Waals surface area contributed by atoms with Gasteiger partial charge in [0.05, 0.1) is 11.2 Å². The van der Waals surface area contributed by atoms with Gasteiger partial charge in [-0.1, -0.05) is 6.92 Å². The Morgan fingerprint density at radius 1 is 1.56 bits per heavy atom. The van der Waals surface area contributed by atoms with Crippen molar-refractivity contribution in [1.82, 2.24) is 20.5 Å². The van der Waals surface area contributed by atoms with Gasteiger partial charge in [-0.2, -0.15) is 5.10 Å². The van der Waals surface area contributed by atoms with Crippen LogP contribution in [0, 0.1) is 6.92 Å². The van der Waals surface area contributed by atoms with Crippen LogP contribution in [0.3, 0.4) is 0 Å². The average molecular weight is 218 g/mol. The zero-order valence-electron chi connectivity index (χ0n) is 9.59. The van der Waals surface area contributed by atoms with Gasteiger partial charge in [0.2, 0.25) is 0 Å². The predicted molar refractivity (Wildman–Crippen MR) is 61.4 cm³/mol. The van der Waals surface area contributed by atoms with E-state index in [0.717, 1.165) is 23.2 Å². The van der Waals surface area contributed by atoms with Crippen LogP contribution < -0.4 is 5.32 Å². The molecule has 0 saturated carbocycles. The van der Waals surface area contributed by atoms with Crippen molar-refractivity contribution < 1.29 is 4.79 Å². The Morgan fingerprint density at radius 3 is 2.94 bits per heavy atom. The molecule has 5 nitrogen and oxygen atoms in total. The van der Waals surface area contributed by atoms with Crippen molar-refractivity contribution in [3.05, 3.63) is 23.1 Å². The van der Waals surface area contributed by atoms with Gasteiger partial charge in [0.15, 0.2) is 5.69 Å². The minimum absolute atomic E-state index is 0.191. The second kappa shape index (κ2) is 3.92. The first-order valence-electron chi connectivity index (χ1n) is 5.24. The fourth-order valence-corrected chi connectivity index (χ4v) is 1.66. The molecule has 0 aliphatic heterocycles. The summed E-state index contributed by atoms with van der Waals surface area (Å²) in [5, 5.41) is 10.5. The molecule has 0 radical (unpaired) electrons. The normalized spacial score (nSPS) is 10.7. The van der Waals surface area contributed by atoms with Crippen LogP contribution in [-0.2, 0) is 6.42 Å². The topological polar surface area (TPSA) is 70.7 Å². The standard InChI is InChI=1S/C11H14N4O/c1-4-7-5-8-6(2)14-15-9(8)10(13-7)11(16)12-3/h5H,4H2,1-3H3,(H,12,16)(H,14,15). The van der Waals surface area contributed by atoms with E-state index < -0.39 is 0 Å². The van der Waals surface area contributed by atoms with Crippen LogP contribution in [0.25, 0.3) is 10.9 Å². The Hall–Kier alpha value is -1.91. The predicted octanol–water partition coefficient (Wildman–Crippen LogP) is 1.19. The van der Waals surface area contributed by atoms with Gasteiger partial charge >= 0.3 is 0 Å². The van der Waals surface area contributed by atoms with Gasteiger partial charge in [0, 0.05) is 18.1 Å². The van der Waals surface area contributed by atoms with Crippen molar-refractivity contribution in [2.24, 2.45) is 0 Å². The molecule has 0 fully saturated rings. The Balaban J connectivity index is 2.74. The number of H-pyrrole nitrogens is 1. The molecule has 0 unspecified atom stereocenters. The maximum atomic E-state index is 11.7. The van der Waals surface area contributed by atoms with E-state index in [0.29, 0.717) is 11.2 Å². The molecule has 1 amide bonds. The van der Waals surface area contributed by atoms with E-state index in [2.05, 4.69) is 20.5 Å². The summed E-state index contributed by atoms with van der Waals surface area (Å²) in [6.45, 7) is 3.92. The lowest BCUT2D eigenvalue weighted by atomic mass is 10.1. The van der Waals surface area contributed by atoms with Gasteiger partial charge < -0.3 is 5.32 Å². The number of rotatable bonds is 2. The molecular formula is C11H14N4O. The van der Waals surface area contributed by atoms with E-state index in [1.165, 1.54) is 0 Å².